The van der Waals surface area contributed by atoms with E-state index < -0.39 is 12.2 Å². The van der Waals surface area contributed by atoms with Crippen LogP contribution in [0.25, 0.3) is 0 Å². The van der Waals surface area contributed by atoms with E-state index >= 15 is 0 Å². The summed E-state index contributed by atoms with van der Waals surface area (Å²) in [7, 11) is 0. The van der Waals surface area contributed by atoms with Crippen LogP contribution >= 0.6 is 27.3 Å². The lowest BCUT2D eigenvalue weighted by atomic mass is 10.3. The van der Waals surface area contributed by atoms with E-state index in [0.29, 0.717) is 3.79 Å². The van der Waals surface area contributed by atoms with Crippen LogP contribution in [0.3, 0.4) is 0 Å². The molecule has 0 aliphatic rings. The Kier molecular flexibility index (Phi) is 2.74. The van der Waals surface area contributed by atoms with Gasteiger partial charge in [0, 0.05) is 0 Å². The lowest BCUT2D eigenvalue weighted by Gasteiger charge is -2.11. The Labute approximate surface area is 78.7 Å². The molecule has 0 aliphatic carbocycles. The van der Waals surface area contributed by atoms with Crippen LogP contribution in [0.1, 0.15) is 11.0 Å². The summed E-state index contributed by atoms with van der Waals surface area (Å²) in [6.07, 6.45) is -3.12. The van der Waals surface area contributed by atoms with Gasteiger partial charge < -0.3 is 5.73 Å². The highest BCUT2D eigenvalue weighted by Crippen LogP contribution is 2.33. The van der Waals surface area contributed by atoms with Gasteiger partial charge >= 0.3 is 6.18 Å². The molecule has 2 nitrogen and oxygen atoms in total. The summed E-state index contributed by atoms with van der Waals surface area (Å²) in [6.45, 7) is 0. The van der Waals surface area contributed by atoms with Crippen molar-refractivity contribution in [2.24, 2.45) is 5.73 Å². The van der Waals surface area contributed by atoms with E-state index in [1.807, 2.05) is 0 Å². The Morgan fingerprint density at radius 3 is 2.50 bits per heavy atom. The Balaban J connectivity index is 2.85. The molecule has 1 aromatic heterocycles. The molecule has 0 fully saturated rings. The second-order valence-corrected chi connectivity index (χ2v) is 4.46. The standard InChI is InChI=1S/C5H4BrF3N2S/c6-2-1-11-4(12-2)3(10)5(7,8)9/h1,3H,10H2. The van der Waals surface area contributed by atoms with Crippen molar-refractivity contribution in [2.45, 2.75) is 12.2 Å². The van der Waals surface area contributed by atoms with E-state index in [-0.39, 0.29) is 5.01 Å². The first kappa shape index (κ1) is 9.94. The number of nitrogens with two attached hydrogens (primary N) is 1. The monoisotopic (exact) mass is 260 g/mol. The molecule has 68 valence electrons. The van der Waals surface area contributed by atoms with Crippen LogP contribution < -0.4 is 5.73 Å². The van der Waals surface area contributed by atoms with Gasteiger partial charge in [0.1, 0.15) is 5.01 Å². The highest BCUT2D eigenvalue weighted by molar-refractivity contribution is 9.11. The number of hydrogen-bond acceptors (Lipinski definition) is 3. The number of hydrogen-bond donors (Lipinski definition) is 1. The molecule has 0 aromatic carbocycles. The molecule has 7 heteroatoms. The van der Waals surface area contributed by atoms with E-state index in [1.165, 1.54) is 6.20 Å². The van der Waals surface area contributed by atoms with Gasteiger partial charge in [0.2, 0.25) is 0 Å². The minimum atomic E-state index is -4.42. The zero-order valence-corrected chi connectivity index (χ0v) is 8.00. The summed E-state index contributed by atoms with van der Waals surface area (Å²) in [5.41, 5.74) is 4.89. The molecule has 1 aromatic rings. The van der Waals surface area contributed by atoms with Gasteiger partial charge in [0.15, 0.2) is 6.04 Å². The maximum atomic E-state index is 12.0. The number of halogens is 4. The van der Waals surface area contributed by atoms with E-state index in [9.17, 15) is 13.2 Å². The van der Waals surface area contributed by atoms with Gasteiger partial charge in [-0.1, -0.05) is 0 Å². The average molecular weight is 261 g/mol. The predicted molar refractivity (Wildman–Crippen MR) is 42.8 cm³/mol. The van der Waals surface area contributed by atoms with Gasteiger partial charge in [-0.05, 0) is 15.9 Å². The maximum absolute atomic E-state index is 12.0. The van der Waals surface area contributed by atoms with Crippen LogP contribution in [0.15, 0.2) is 9.98 Å². The molecule has 0 saturated carbocycles. The van der Waals surface area contributed by atoms with Crippen molar-refractivity contribution in [1.29, 1.82) is 0 Å². The molecule has 2 N–H and O–H groups in total. The Hall–Kier alpha value is -0.140. The smallest absolute Gasteiger partial charge is 0.314 e. The van der Waals surface area contributed by atoms with E-state index in [2.05, 4.69) is 20.9 Å². The molecular formula is C5H4BrF3N2S. The SMILES string of the molecule is NC(c1ncc(Br)s1)C(F)(F)F. The summed E-state index contributed by atoms with van der Waals surface area (Å²) in [6, 6.07) is -1.98. The topological polar surface area (TPSA) is 38.9 Å². The molecule has 1 rings (SSSR count). The van der Waals surface area contributed by atoms with Crippen LogP contribution in [0.4, 0.5) is 13.2 Å². The van der Waals surface area contributed by atoms with E-state index in [4.69, 9.17) is 5.73 Å². The quantitative estimate of drug-likeness (QED) is 0.843. The lowest BCUT2D eigenvalue weighted by Crippen LogP contribution is -2.28. The van der Waals surface area contributed by atoms with Crippen molar-refractivity contribution in [3.63, 3.8) is 0 Å². The third-order valence-corrected chi connectivity index (χ3v) is 2.67. The normalized spacial score (nSPS) is 14.8. The van der Waals surface area contributed by atoms with Crippen molar-refractivity contribution in [3.8, 4) is 0 Å². The van der Waals surface area contributed by atoms with E-state index in [0.717, 1.165) is 11.3 Å². The van der Waals surface area contributed by atoms with Crippen LogP contribution in [-0.2, 0) is 0 Å². The molecule has 0 saturated heterocycles. The fourth-order valence-corrected chi connectivity index (χ4v) is 1.82. The minimum Gasteiger partial charge on any atom is -0.314 e. The van der Waals surface area contributed by atoms with Crippen molar-refractivity contribution in [1.82, 2.24) is 4.98 Å². The summed E-state index contributed by atoms with van der Waals surface area (Å²) in [4.78, 5) is 3.51. The molecule has 0 spiro atoms. The summed E-state index contributed by atoms with van der Waals surface area (Å²) in [5.74, 6) is 0. The molecule has 1 unspecified atom stereocenters. The summed E-state index contributed by atoms with van der Waals surface area (Å²) < 4.78 is 36.5. The summed E-state index contributed by atoms with van der Waals surface area (Å²) >= 11 is 3.88. The fourth-order valence-electron chi connectivity index (χ4n) is 0.551. The molecule has 12 heavy (non-hydrogen) atoms. The number of aromatic nitrogens is 1. The molecule has 0 radical (unpaired) electrons. The number of rotatable bonds is 1. The summed E-state index contributed by atoms with van der Waals surface area (Å²) in [5, 5.41) is -0.130. The van der Waals surface area contributed by atoms with Crippen LogP contribution in [0, 0.1) is 0 Å². The highest BCUT2D eigenvalue weighted by atomic mass is 79.9. The fraction of sp³-hybridized carbons (Fsp3) is 0.400. The molecule has 0 bridgehead atoms. The van der Waals surface area contributed by atoms with Gasteiger partial charge in [-0.2, -0.15) is 13.2 Å². The largest absolute Gasteiger partial charge is 0.410 e. The third kappa shape index (κ3) is 2.18. The van der Waals surface area contributed by atoms with Crippen LogP contribution in [-0.4, -0.2) is 11.2 Å². The van der Waals surface area contributed by atoms with Gasteiger partial charge in [-0.15, -0.1) is 11.3 Å². The Morgan fingerprint density at radius 2 is 2.17 bits per heavy atom. The molecule has 1 heterocycles. The second-order valence-electron chi connectivity index (χ2n) is 2.02. The molecular weight excluding hydrogens is 257 g/mol. The highest BCUT2D eigenvalue weighted by Gasteiger charge is 2.39. The third-order valence-electron chi connectivity index (χ3n) is 1.11. The van der Waals surface area contributed by atoms with E-state index in [1.54, 1.807) is 0 Å². The number of nitrogens with zero attached hydrogens (tertiary/aromatic N) is 1. The van der Waals surface area contributed by atoms with Gasteiger partial charge in [0.25, 0.3) is 0 Å². The van der Waals surface area contributed by atoms with Gasteiger partial charge in [0.05, 0.1) is 9.98 Å². The first-order chi connectivity index (χ1) is 5.41. The Morgan fingerprint density at radius 1 is 1.58 bits per heavy atom. The zero-order chi connectivity index (χ0) is 9.35. The maximum Gasteiger partial charge on any atom is 0.410 e. The molecule has 0 aliphatic heterocycles. The van der Waals surface area contributed by atoms with Crippen molar-refractivity contribution < 1.29 is 13.2 Å². The van der Waals surface area contributed by atoms with Crippen molar-refractivity contribution >= 4 is 27.3 Å². The Bertz CT molecular complexity index is 272. The molecule has 0 amide bonds. The first-order valence-corrected chi connectivity index (χ1v) is 4.45. The minimum absolute atomic E-state index is 0.130. The lowest BCUT2D eigenvalue weighted by molar-refractivity contribution is -0.149. The first-order valence-electron chi connectivity index (χ1n) is 2.85. The average Bonchev–Trinajstić information content (AvgIpc) is 2.32. The van der Waals surface area contributed by atoms with Crippen LogP contribution in [0.2, 0.25) is 0 Å². The predicted octanol–water partition coefficient (Wildman–Crippen LogP) is 2.47. The second kappa shape index (κ2) is 3.31. The van der Waals surface area contributed by atoms with Gasteiger partial charge in [-0.25, -0.2) is 4.98 Å². The van der Waals surface area contributed by atoms with Crippen LogP contribution in [0.5, 0.6) is 0 Å². The van der Waals surface area contributed by atoms with Crippen molar-refractivity contribution in [3.05, 3.63) is 15.0 Å². The van der Waals surface area contributed by atoms with Gasteiger partial charge in [-0.3, -0.25) is 0 Å². The molecule has 1 atom stereocenters. The number of alkyl halides is 3. The number of thiazole rings is 1. The zero-order valence-electron chi connectivity index (χ0n) is 5.60. The van der Waals surface area contributed by atoms with Crippen molar-refractivity contribution in [2.75, 3.05) is 0 Å².